The number of carboxylic acids is 1. The number of halogens is 3. The maximum absolute atomic E-state index is 12.9. The van der Waals surface area contributed by atoms with E-state index >= 15 is 0 Å². The van der Waals surface area contributed by atoms with Crippen molar-refractivity contribution in [2.75, 3.05) is 5.32 Å². The van der Waals surface area contributed by atoms with E-state index in [2.05, 4.69) is 18.3 Å². The van der Waals surface area contributed by atoms with E-state index in [1.165, 1.54) is 31.4 Å². The number of nitrogens with one attached hydrogen (secondary N) is 1. The predicted molar refractivity (Wildman–Crippen MR) is 126 cm³/mol. The second kappa shape index (κ2) is 9.59. The summed E-state index contributed by atoms with van der Waals surface area (Å²) in [4.78, 5) is 13.3. The molecule has 0 radical (unpaired) electrons. The van der Waals surface area contributed by atoms with Crippen LogP contribution in [-0.4, -0.2) is 11.1 Å². The molecule has 1 aliphatic rings. The lowest BCUT2D eigenvalue weighted by atomic mass is 9.81. The Morgan fingerprint density at radius 3 is 2.24 bits per heavy atom. The maximum Gasteiger partial charge on any atom is 0.416 e. The first-order valence-corrected chi connectivity index (χ1v) is 11.9. The van der Waals surface area contributed by atoms with Gasteiger partial charge in [-0.25, -0.2) is 4.79 Å². The molecule has 1 saturated carbocycles. The van der Waals surface area contributed by atoms with Gasteiger partial charge in [0.2, 0.25) is 0 Å². The zero-order chi connectivity index (χ0) is 23.6. The highest BCUT2D eigenvalue weighted by molar-refractivity contribution is 7.15. The molecule has 0 spiro atoms. The van der Waals surface area contributed by atoms with Gasteiger partial charge in [-0.1, -0.05) is 31.4 Å². The molecular weight excluding hydrogens is 447 g/mol. The van der Waals surface area contributed by atoms with Crippen LogP contribution in [0.4, 0.5) is 18.9 Å². The van der Waals surface area contributed by atoms with Crippen molar-refractivity contribution in [1.82, 2.24) is 0 Å². The van der Waals surface area contributed by atoms with Gasteiger partial charge >= 0.3 is 12.1 Å². The Morgan fingerprint density at radius 1 is 1.03 bits per heavy atom. The van der Waals surface area contributed by atoms with Crippen molar-refractivity contribution < 1.29 is 23.1 Å². The van der Waals surface area contributed by atoms with Crippen molar-refractivity contribution in [3.05, 3.63) is 76.2 Å². The monoisotopic (exact) mass is 473 g/mol. The van der Waals surface area contributed by atoms with E-state index < -0.39 is 17.7 Å². The largest absolute Gasteiger partial charge is 0.478 e. The SMILES string of the molecule is Cc1sc(-c2ccc(C(F)(F)F)cc2)cc1C(Nc1ccc(C(=O)O)cc1)C1CCCCC1. The molecule has 0 saturated heterocycles. The molecule has 0 amide bonds. The molecule has 4 rings (SSSR count). The third-order valence-electron chi connectivity index (χ3n) is 6.36. The lowest BCUT2D eigenvalue weighted by Gasteiger charge is -2.32. The van der Waals surface area contributed by atoms with Crippen LogP contribution in [0, 0.1) is 12.8 Å². The van der Waals surface area contributed by atoms with Crippen LogP contribution in [-0.2, 0) is 6.18 Å². The van der Waals surface area contributed by atoms with Gasteiger partial charge in [-0.15, -0.1) is 11.3 Å². The predicted octanol–water partition coefficient (Wildman–Crippen LogP) is 8.17. The Kier molecular flexibility index (Phi) is 6.79. The summed E-state index contributed by atoms with van der Waals surface area (Å²) in [6.45, 7) is 2.05. The fourth-order valence-electron chi connectivity index (χ4n) is 4.58. The van der Waals surface area contributed by atoms with E-state index in [0.29, 0.717) is 5.92 Å². The van der Waals surface area contributed by atoms with Crippen LogP contribution < -0.4 is 5.32 Å². The van der Waals surface area contributed by atoms with E-state index in [1.54, 1.807) is 35.6 Å². The summed E-state index contributed by atoms with van der Waals surface area (Å²) in [5.41, 5.74) is 2.38. The van der Waals surface area contributed by atoms with Gasteiger partial charge in [-0.3, -0.25) is 0 Å². The smallest absolute Gasteiger partial charge is 0.416 e. The summed E-state index contributed by atoms with van der Waals surface area (Å²) in [7, 11) is 0. The third kappa shape index (κ3) is 5.41. The first-order valence-electron chi connectivity index (χ1n) is 11.1. The standard InChI is InChI=1S/C26H26F3NO2S/c1-16-22(15-23(33-16)17-7-11-20(12-8-17)26(27,28)29)24(18-5-3-2-4-6-18)30-21-13-9-19(10-14-21)25(31)32/h7-15,18,24,30H,2-6H2,1H3,(H,31,32). The van der Waals surface area contributed by atoms with Gasteiger partial charge < -0.3 is 10.4 Å². The summed E-state index contributed by atoms with van der Waals surface area (Å²) in [5, 5.41) is 12.8. The van der Waals surface area contributed by atoms with Crippen LogP contribution in [0.5, 0.6) is 0 Å². The number of benzene rings is 2. The first kappa shape index (κ1) is 23.4. The van der Waals surface area contributed by atoms with Crippen LogP contribution in [0.25, 0.3) is 10.4 Å². The van der Waals surface area contributed by atoms with Crippen molar-refractivity contribution in [1.29, 1.82) is 0 Å². The number of aromatic carboxylic acids is 1. The fraction of sp³-hybridized carbons (Fsp3) is 0.346. The minimum Gasteiger partial charge on any atom is -0.478 e. The molecule has 2 N–H and O–H groups in total. The number of aryl methyl sites for hydroxylation is 1. The number of thiophene rings is 1. The molecule has 1 atom stereocenters. The van der Waals surface area contributed by atoms with Crippen molar-refractivity contribution in [3.63, 3.8) is 0 Å². The van der Waals surface area contributed by atoms with E-state index in [9.17, 15) is 18.0 Å². The van der Waals surface area contributed by atoms with Gasteiger partial charge in [0.05, 0.1) is 17.2 Å². The number of hydrogen-bond donors (Lipinski definition) is 2. The molecule has 1 aromatic heterocycles. The highest BCUT2D eigenvalue weighted by Gasteiger charge is 2.31. The van der Waals surface area contributed by atoms with Gasteiger partial charge in [-0.2, -0.15) is 13.2 Å². The molecule has 1 unspecified atom stereocenters. The fourth-order valence-corrected chi connectivity index (χ4v) is 5.65. The second-order valence-electron chi connectivity index (χ2n) is 8.60. The average molecular weight is 474 g/mol. The topological polar surface area (TPSA) is 49.3 Å². The lowest BCUT2D eigenvalue weighted by molar-refractivity contribution is -0.137. The Balaban J connectivity index is 1.64. The molecule has 0 aliphatic heterocycles. The second-order valence-corrected chi connectivity index (χ2v) is 9.86. The third-order valence-corrected chi connectivity index (χ3v) is 7.48. The molecule has 7 heteroatoms. The molecule has 3 nitrogen and oxygen atoms in total. The first-order chi connectivity index (χ1) is 15.7. The lowest BCUT2D eigenvalue weighted by Crippen LogP contribution is -2.23. The van der Waals surface area contributed by atoms with Crippen molar-refractivity contribution >= 4 is 23.0 Å². The van der Waals surface area contributed by atoms with Crippen LogP contribution >= 0.6 is 11.3 Å². The molecule has 0 bridgehead atoms. The highest BCUT2D eigenvalue weighted by atomic mass is 32.1. The zero-order valence-corrected chi connectivity index (χ0v) is 19.1. The van der Waals surface area contributed by atoms with Crippen molar-refractivity contribution in [2.45, 2.75) is 51.2 Å². The van der Waals surface area contributed by atoms with E-state index in [-0.39, 0.29) is 11.6 Å². The van der Waals surface area contributed by atoms with E-state index in [0.717, 1.165) is 51.5 Å². The van der Waals surface area contributed by atoms with Crippen LogP contribution in [0.2, 0.25) is 0 Å². The van der Waals surface area contributed by atoms with Crippen LogP contribution in [0.15, 0.2) is 54.6 Å². The quantitative estimate of drug-likeness (QED) is 0.380. The maximum atomic E-state index is 12.9. The molecule has 2 aromatic carbocycles. The van der Waals surface area contributed by atoms with Crippen molar-refractivity contribution in [3.8, 4) is 10.4 Å². The van der Waals surface area contributed by atoms with Gasteiger partial charge in [0.1, 0.15) is 0 Å². The number of alkyl halides is 3. The minimum absolute atomic E-state index is 0.0560. The summed E-state index contributed by atoms with van der Waals surface area (Å²) >= 11 is 1.59. The summed E-state index contributed by atoms with van der Waals surface area (Å²) < 4.78 is 38.8. The van der Waals surface area contributed by atoms with Crippen molar-refractivity contribution in [2.24, 2.45) is 5.92 Å². The Hall–Kier alpha value is -2.80. The molecule has 1 aliphatic carbocycles. The Labute approximate surface area is 195 Å². The Bertz CT molecular complexity index is 1100. The van der Waals surface area contributed by atoms with Gasteiger partial charge in [-0.05, 0) is 79.3 Å². The normalized spacial score (nSPS) is 15.9. The molecule has 1 heterocycles. The van der Waals surface area contributed by atoms with Gasteiger partial charge in [0.15, 0.2) is 0 Å². The zero-order valence-electron chi connectivity index (χ0n) is 18.3. The van der Waals surface area contributed by atoms with Crippen LogP contribution in [0.1, 0.15) is 64.5 Å². The Morgan fingerprint density at radius 2 is 1.67 bits per heavy atom. The number of hydrogen-bond acceptors (Lipinski definition) is 3. The number of anilines is 1. The number of carboxylic acid groups (broad SMARTS) is 1. The minimum atomic E-state index is -4.35. The number of rotatable bonds is 6. The average Bonchev–Trinajstić information content (AvgIpc) is 3.19. The number of carbonyl (C=O) groups is 1. The summed E-state index contributed by atoms with van der Waals surface area (Å²) in [6, 6.07) is 14.2. The van der Waals surface area contributed by atoms with E-state index in [4.69, 9.17) is 5.11 Å². The summed E-state index contributed by atoms with van der Waals surface area (Å²) in [6.07, 6.45) is 1.45. The molecule has 174 valence electrons. The molecule has 1 fully saturated rings. The molecule has 3 aromatic rings. The van der Waals surface area contributed by atoms with E-state index in [1.807, 2.05) is 0 Å². The summed E-state index contributed by atoms with van der Waals surface area (Å²) in [5.74, 6) is -0.521. The van der Waals surface area contributed by atoms with Crippen LogP contribution in [0.3, 0.4) is 0 Å². The molecular formula is C26H26F3NO2S. The highest BCUT2D eigenvalue weighted by Crippen LogP contribution is 2.42. The van der Waals surface area contributed by atoms with Gasteiger partial charge in [0, 0.05) is 15.4 Å². The molecule has 33 heavy (non-hydrogen) atoms. The van der Waals surface area contributed by atoms with Gasteiger partial charge in [0.25, 0.3) is 0 Å².